The van der Waals surface area contributed by atoms with Crippen LogP contribution in [0.3, 0.4) is 0 Å². The van der Waals surface area contributed by atoms with Crippen molar-refractivity contribution in [1.82, 2.24) is 5.32 Å². The summed E-state index contributed by atoms with van der Waals surface area (Å²) in [6.07, 6.45) is 5.09. The smallest absolute Gasteiger partial charge is 0.326 e. The van der Waals surface area contributed by atoms with Gasteiger partial charge in [-0.05, 0) is 61.6 Å². The Morgan fingerprint density at radius 1 is 1.04 bits per heavy atom. The van der Waals surface area contributed by atoms with Crippen molar-refractivity contribution in [3.8, 4) is 0 Å². The van der Waals surface area contributed by atoms with Crippen LogP contribution in [0.1, 0.15) is 48.5 Å². The molecular weight excluding hydrogens is 338 g/mol. The number of hydrogen-bond donors (Lipinski definition) is 2. The second-order valence-electron chi connectivity index (χ2n) is 6.85. The second kappa shape index (κ2) is 9.21. The summed E-state index contributed by atoms with van der Waals surface area (Å²) in [5, 5.41) is 5.85. The average molecular weight is 365 g/mol. The van der Waals surface area contributed by atoms with Crippen LogP contribution in [0.25, 0.3) is 0 Å². The molecule has 2 aromatic carbocycles. The van der Waals surface area contributed by atoms with Crippen LogP contribution >= 0.6 is 0 Å². The molecule has 0 bridgehead atoms. The summed E-state index contributed by atoms with van der Waals surface area (Å²) < 4.78 is 0. The maximum absolute atomic E-state index is 12.8. The summed E-state index contributed by atoms with van der Waals surface area (Å²) in [7, 11) is 0. The molecule has 0 saturated carbocycles. The summed E-state index contributed by atoms with van der Waals surface area (Å²) in [6, 6.07) is 15.0. The van der Waals surface area contributed by atoms with E-state index < -0.39 is 0 Å². The molecule has 2 N–H and O–H groups in total. The summed E-state index contributed by atoms with van der Waals surface area (Å²) in [5.74, 6) is -0.0808. The van der Waals surface area contributed by atoms with Gasteiger partial charge >= 0.3 is 6.03 Å². The predicted octanol–water partition coefficient (Wildman–Crippen LogP) is 4.59. The number of unbranched alkanes of at least 4 members (excludes halogenated alkanes) is 1. The summed E-state index contributed by atoms with van der Waals surface area (Å²) in [5.41, 5.74) is 3.49. The zero-order valence-corrected chi connectivity index (χ0v) is 15.8. The normalized spacial score (nSPS) is 13.4. The van der Waals surface area contributed by atoms with Crippen molar-refractivity contribution in [2.24, 2.45) is 0 Å². The van der Waals surface area contributed by atoms with Crippen LogP contribution in [-0.4, -0.2) is 25.0 Å². The van der Waals surface area contributed by atoms with Gasteiger partial charge in [-0.2, -0.15) is 0 Å². The van der Waals surface area contributed by atoms with Crippen molar-refractivity contribution < 1.29 is 9.59 Å². The number of aryl methyl sites for hydroxylation is 1. The van der Waals surface area contributed by atoms with Crippen LogP contribution in [0.15, 0.2) is 48.5 Å². The topological polar surface area (TPSA) is 61.4 Å². The minimum Gasteiger partial charge on any atom is -0.352 e. The molecule has 0 radical (unpaired) electrons. The molecule has 142 valence electrons. The van der Waals surface area contributed by atoms with Crippen LogP contribution < -0.4 is 15.5 Å². The minimum atomic E-state index is -0.135. The number of urea groups is 1. The molecule has 0 saturated heterocycles. The number of amides is 3. The highest BCUT2D eigenvalue weighted by Gasteiger charge is 2.20. The van der Waals surface area contributed by atoms with Crippen LogP contribution in [-0.2, 0) is 6.42 Å². The molecule has 0 aromatic heterocycles. The summed E-state index contributed by atoms with van der Waals surface area (Å²) >= 11 is 0. The van der Waals surface area contributed by atoms with Gasteiger partial charge in [-0.25, -0.2) is 4.79 Å². The van der Waals surface area contributed by atoms with E-state index in [0.717, 1.165) is 37.8 Å². The molecule has 3 rings (SSSR count). The maximum atomic E-state index is 12.8. The fourth-order valence-corrected chi connectivity index (χ4v) is 3.28. The van der Waals surface area contributed by atoms with Gasteiger partial charge in [0, 0.05) is 30.0 Å². The second-order valence-corrected chi connectivity index (χ2v) is 6.85. The quantitative estimate of drug-likeness (QED) is 0.761. The highest BCUT2D eigenvalue weighted by molar-refractivity contribution is 6.02. The van der Waals surface area contributed by atoms with Gasteiger partial charge in [-0.15, -0.1) is 0 Å². The Hall–Kier alpha value is -2.82. The van der Waals surface area contributed by atoms with E-state index >= 15 is 0 Å². The fraction of sp³-hybridized carbons (Fsp3) is 0.364. The van der Waals surface area contributed by atoms with Crippen molar-refractivity contribution in [2.45, 2.75) is 39.0 Å². The van der Waals surface area contributed by atoms with Crippen molar-refractivity contribution in [2.75, 3.05) is 23.3 Å². The van der Waals surface area contributed by atoms with Gasteiger partial charge < -0.3 is 10.6 Å². The van der Waals surface area contributed by atoms with Gasteiger partial charge in [0.05, 0.1) is 0 Å². The molecule has 5 heteroatoms. The van der Waals surface area contributed by atoms with Crippen LogP contribution in [0.4, 0.5) is 16.2 Å². The van der Waals surface area contributed by atoms with Crippen LogP contribution in [0, 0.1) is 0 Å². The first-order valence-electron chi connectivity index (χ1n) is 9.73. The number of para-hydroxylation sites is 1. The Morgan fingerprint density at radius 2 is 1.81 bits per heavy atom. The van der Waals surface area contributed by atoms with Gasteiger partial charge in [-0.1, -0.05) is 31.5 Å². The lowest BCUT2D eigenvalue weighted by Gasteiger charge is -2.23. The van der Waals surface area contributed by atoms with Crippen LogP contribution in [0.2, 0.25) is 0 Å². The molecule has 5 nitrogen and oxygen atoms in total. The number of hydrogen-bond acceptors (Lipinski definition) is 2. The fourth-order valence-electron chi connectivity index (χ4n) is 3.28. The van der Waals surface area contributed by atoms with E-state index in [1.165, 1.54) is 5.56 Å². The minimum absolute atomic E-state index is 0.0808. The van der Waals surface area contributed by atoms with E-state index in [2.05, 4.69) is 23.6 Å². The van der Waals surface area contributed by atoms with E-state index in [4.69, 9.17) is 0 Å². The van der Waals surface area contributed by atoms with Crippen molar-refractivity contribution in [3.05, 3.63) is 59.7 Å². The highest BCUT2D eigenvalue weighted by Crippen LogP contribution is 2.26. The molecule has 1 aliphatic rings. The monoisotopic (exact) mass is 365 g/mol. The number of benzene rings is 2. The Kier molecular flexibility index (Phi) is 6.47. The first-order chi connectivity index (χ1) is 13.2. The molecular formula is C22H27N3O2. The Bertz CT molecular complexity index is 786. The van der Waals surface area contributed by atoms with Crippen molar-refractivity contribution in [3.63, 3.8) is 0 Å². The standard InChI is InChI=1S/C22H27N3O2/c1-2-3-15-23-21(26)18-11-13-19(14-12-18)24-22(27)25-16-7-6-9-17-8-4-5-10-20(17)25/h4-5,8,10-14H,2-3,6-7,9,15-16H2,1H3,(H,23,26)(H,24,27). The number of nitrogens with zero attached hydrogens (tertiary/aromatic N) is 1. The Labute approximate surface area is 160 Å². The molecule has 0 fully saturated rings. The zero-order chi connectivity index (χ0) is 19.1. The molecule has 1 heterocycles. The molecule has 2 aromatic rings. The summed E-state index contributed by atoms with van der Waals surface area (Å²) in [6.45, 7) is 3.48. The third kappa shape index (κ3) is 4.88. The first-order valence-corrected chi connectivity index (χ1v) is 9.73. The highest BCUT2D eigenvalue weighted by atomic mass is 16.2. The van der Waals surface area contributed by atoms with Gasteiger partial charge in [0.1, 0.15) is 0 Å². The molecule has 0 atom stereocenters. The Morgan fingerprint density at radius 3 is 2.59 bits per heavy atom. The number of fused-ring (bicyclic) bond motifs is 1. The van der Waals surface area contributed by atoms with E-state index in [1.54, 1.807) is 24.3 Å². The van der Waals surface area contributed by atoms with Crippen LogP contribution in [0.5, 0.6) is 0 Å². The van der Waals surface area contributed by atoms with E-state index in [9.17, 15) is 9.59 Å². The molecule has 0 aliphatic carbocycles. The predicted molar refractivity (Wildman–Crippen MR) is 109 cm³/mol. The molecule has 27 heavy (non-hydrogen) atoms. The van der Waals surface area contributed by atoms with Gasteiger partial charge in [0.25, 0.3) is 5.91 Å². The number of rotatable bonds is 5. The molecule has 0 unspecified atom stereocenters. The van der Waals surface area contributed by atoms with Gasteiger partial charge in [0.15, 0.2) is 0 Å². The number of carbonyl (C=O) groups excluding carboxylic acids is 2. The maximum Gasteiger partial charge on any atom is 0.326 e. The average Bonchev–Trinajstić information content (AvgIpc) is 2.91. The lowest BCUT2D eigenvalue weighted by Crippen LogP contribution is -2.35. The molecule has 3 amide bonds. The van der Waals surface area contributed by atoms with E-state index in [1.807, 2.05) is 23.1 Å². The van der Waals surface area contributed by atoms with Crippen molar-refractivity contribution >= 4 is 23.3 Å². The van der Waals surface area contributed by atoms with Gasteiger partial charge in [-0.3, -0.25) is 9.69 Å². The lowest BCUT2D eigenvalue weighted by molar-refractivity contribution is 0.0953. The molecule has 1 aliphatic heterocycles. The van der Waals surface area contributed by atoms with Gasteiger partial charge in [0.2, 0.25) is 0 Å². The third-order valence-corrected chi connectivity index (χ3v) is 4.82. The Balaban J connectivity index is 1.65. The molecule has 0 spiro atoms. The summed E-state index contributed by atoms with van der Waals surface area (Å²) in [4.78, 5) is 26.7. The zero-order valence-electron chi connectivity index (χ0n) is 15.8. The van der Waals surface area contributed by atoms with Crippen molar-refractivity contribution in [1.29, 1.82) is 0 Å². The largest absolute Gasteiger partial charge is 0.352 e. The lowest BCUT2D eigenvalue weighted by atomic mass is 10.1. The van der Waals surface area contributed by atoms with E-state index in [-0.39, 0.29) is 11.9 Å². The number of anilines is 2. The number of nitrogens with one attached hydrogen (secondary N) is 2. The third-order valence-electron chi connectivity index (χ3n) is 4.82. The number of carbonyl (C=O) groups is 2. The SMILES string of the molecule is CCCCNC(=O)c1ccc(NC(=O)N2CCCCc3ccccc32)cc1. The van der Waals surface area contributed by atoms with E-state index in [0.29, 0.717) is 24.3 Å². The first kappa shape index (κ1) is 19.0.